The number of carbonyl (C=O) groups excluding carboxylic acids is 1. The standard InChI is InChI=1S/C14H18ClNO/c1-5-8-16(14(2,3)4)13-9-12(15)7-6-11(13)10-17/h5-7,9-10H,1,8H2,2-4H3. The zero-order valence-electron chi connectivity index (χ0n) is 10.5. The molecule has 0 bridgehead atoms. The van der Waals surface area contributed by atoms with Crippen molar-refractivity contribution in [2.45, 2.75) is 26.3 Å². The first-order valence-corrected chi connectivity index (χ1v) is 5.91. The predicted octanol–water partition coefficient (Wildman–Crippen LogP) is 3.94. The summed E-state index contributed by atoms with van der Waals surface area (Å²) in [4.78, 5) is 13.2. The summed E-state index contributed by atoms with van der Waals surface area (Å²) in [5.74, 6) is 0. The van der Waals surface area contributed by atoms with Crippen LogP contribution in [-0.4, -0.2) is 18.4 Å². The van der Waals surface area contributed by atoms with Crippen molar-refractivity contribution in [1.29, 1.82) is 0 Å². The minimum Gasteiger partial charge on any atom is -0.362 e. The van der Waals surface area contributed by atoms with Crippen molar-refractivity contribution >= 4 is 23.6 Å². The van der Waals surface area contributed by atoms with Crippen LogP contribution >= 0.6 is 11.6 Å². The molecule has 1 rings (SSSR count). The highest BCUT2D eigenvalue weighted by Crippen LogP contribution is 2.29. The molecule has 0 amide bonds. The molecule has 0 unspecified atom stereocenters. The predicted molar refractivity (Wildman–Crippen MR) is 74.1 cm³/mol. The van der Waals surface area contributed by atoms with E-state index < -0.39 is 0 Å². The molecule has 0 aliphatic rings. The van der Waals surface area contributed by atoms with Crippen LogP contribution in [0, 0.1) is 0 Å². The summed E-state index contributed by atoms with van der Waals surface area (Å²) in [6.45, 7) is 10.7. The largest absolute Gasteiger partial charge is 0.362 e. The van der Waals surface area contributed by atoms with Crippen molar-refractivity contribution in [3.8, 4) is 0 Å². The average Bonchev–Trinajstić information content (AvgIpc) is 2.24. The molecule has 0 saturated heterocycles. The average molecular weight is 252 g/mol. The molecular formula is C14H18ClNO. The fourth-order valence-electron chi connectivity index (χ4n) is 1.71. The third kappa shape index (κ3) is 3.34. The molecule has 0 radical (unpaired) electrons. The van der Waals surface area contributed by atoms with Gasteiger partial charge in [-0.2, -0.15) is 0 Å². The monoisotopic (exact) mass is 251 g/mol. The van der Waals surface area contributed by atoms with Gasteiger partial charge in [-0.3, -0.25) is 4.79 Å². The molecule has 1 aromatic carbocycles. The molecule has 92 valence electrons. The number of anilines is 1. The summed E-state index contributed by atoms with van der Waals surface area (Å²) in [6, 6.07) is 5.29. The molecule has 0 N–H and O–H groups in total. The number of benzene rings is 1. The van der Waals surface area contributed by atoms with Crippen molar-refractivity contribution in [1.82, 2.24) is 0 Å². The van der Waals surface area contributed by atoms with E-state index >= 15 is 0 Å². The molecule has 1 aromatic rings. The van der Waals surface area contributed by atoms with Gasteiger partial charge in [0.15, 0.2) is 6.29 Å². The Morgan fingerprint density at radius 1 is 1.41 bits per heavy atom. The minimum absolute atomic E-state index is 0.101. The Morgan fingerprint density at radius 3 is 2.53 bits per heavy atom. The lowest BCUT2D eigenvalue weighted by molar-refractivity contribution is 0.112. The molecule has 0 aromatic heterocycles. The third-order valence-electron chi connectivity index (χ3n) is 2.53. The van der Waals surface area contributed by atoms with E-state index in [2.05, 4.69) is 32.3 Å². The van der Waals surface area contributed by atoms with E-state index in [4.69, 9.17) is 11.6 Å². The first kappa shape index (κ1) is 13.8. The third-order valence-corrected chi connectivity index (χ3v) is 2.77. The maximum absolute atomic E-state index is 11.1. The van der Waals surface area contributed by atoms with Crippen LogP contribution in [0.5, 0.6) is 0 Å². The van der Waals surface area contributed by atoms with E-state index in [0.29, 0.717) is 17.1 Å². The Morgan fingerprint density at radius 2 is 2.06 bits per heavy atom. The van der Waals surface area contributed by atoms with E-state index in [-0.39, 0.29) is 5.54 Å². The quantitative estimate of drug-likeness (QED) is 0.597. The van der Waals surface area contributed by atoms with Crippen LogP contribution in [0.4, 0.5) is 5.69 Å². The lowest BCUT2D eigenvalue weighted by Gasteiger charge is -2.37. The number of rotatable bonds is 4. The second kappa shape index (κ2) is 5.37. The van der Waals surface area contributed by atoms with Gasteiger partial charge in [-0.05, 0) is 39.0 Å². The Hall–Kier alpha value is -1.28. The SMILES string of the molecule is C=CCN(c1cc(Cl)ccc1C=O)C(C)(C)C. The summed E-state index contributed by atoms with van der Waals surface area (Å²) in [5, 5.41) is 0.629. The molecule has 0 fully saturated rings. The summed E-state index contributed by atoms with van der Waals surface area (Å²) in [6.07, 6.45) is 2.67. The van der Waals surface area contributed by atoms with Crippen molar-refractivity contribution in [2.75, 3.05) is 11.4 Å². The summed E-state index contributed by atoms with van der Waals surface area (Å²) < 4.78 is 0. The number of carbonyl (C=O) groups is 1. The Balaban J connectivity index is 3.30. The van der Waals surface area contributed by atoms with Gasteiger partial charge in [-0.25, -0.2) is 0 Å². The molecular weight excluding hydrogens is 234 g/mol. The van der Waals surface area contributed by atoms with Crippen molar-refractivity contribution < 1.29 is 4.79 Å². The molecule has 0 spiro atoms. The molecule has 17 heavy (non-hydrogen) atoms. The van der Waals surface area contributed by atoms with Gasteiger partial charge >= 0.3 is 0 Å². The van der Waals surface area contributed by atoms with E-state index in [9.17, 15) is 4.79 Å². The van der Waals surface area contributed by atoms with Crippen LogP contribution in [0.25, 0.3) is 0 Å². The first-order chi connectivity index (χ1) is 7.90. The van der Waals surface area contributed by atoms with E-state index in [1.54, 1.807) is 12.1 Å². The highest BCUT2D eigenvalue weighted by Gasteiger charge is 2.22. The van der Waals surface area contributed by atoms with Gasteiger partial charge in [-0.1, -0.05) is 17.7 Å². The number of hydrogen-bond acceptors (Lipinski definition) is 2. The zero-order valence-corrected chi connectivity index (χ0v) is 11.3. The number of aldehydes is 1. The van der Waals surface area contributed by atoms with Gasteiger partial charge in [0.1, 0.15) is 0 Å². The number of hydrogen-bond donors (Lipinski definition) is 0. The topological polar surface area (TPSA) is 20.3 Å². The maximum atomic E-state index is 11.1. The molecule has 0 saturated carbocycles. The Bertz CT molecular complexity index is 421. The molecule has 0 atom stereocenters. The van der Waals surface area contributed by atoms with Crippen LogP contribution in [0.15, 0.2) is 30.9 Å². The van der Waals surface area contributed by atoms with Crippen LogP contribution in [-0.2, 0) is 0 Å². The van der Waals surface area contributed by atoms with Crippen molar-refractivity contribution in [2.24, 2.45) is 0 Å². The van der Waals surface area contributed by atoms with Crippen molar-refractivity contribution in [3.05, 3.63) is 41.4 Å². The van der Waals surface area contributed by atoms with E-state index in [1.807, 2.05) is 12.1 Å². The number of halogens is 1. The normalized spacial score (nSPS) is 11.1. The lowest BCUT2D eigenvalue weighted by Crippen LogP contribution is -2.42. The summed E-state index contributed by atoms with van der Waals surface area (Å²) >= 11 is 6.00. The molecule has 2 nitrogen and oxygen atoms in total. The molecule has 0 aliphatic carbocycles. The van der Waals surface area contributed by atoms with Crippen LogP contribution in [0.3, 0.4) is 0 Å². The molecule has 0 aliphatic heterocycles. The highest BCUT2D eigenvalue weighted by atomic mass is 35.5. The van der Waals surface area contributed by atoms with E-state index in [0.717, 1.165) is 12.0 Å². The minimum atomic E-state index is -0.101. The Labute approximate surface area is 108 Å². The van der Waals surface area contributed by atoms with Crippen LogP contribution in [0.1, 0.15) is 31.1 Å². The Kier molecular flexibility index (Phi) is 4.35. The summed E-state index contributed by atoms with van der Waals surface area (Å²) in [7, 11) is 0. The zero-order chi connectivity index (χ0) is 13.1. The van der Waals surface area contributed by atoms with Gasteiger partial charge in [0.05, 0.1) is 0 Å². The van der Waals surface area contributed by atoms with Crippen LogP contribution in [0.2, 0.25) is 5.02 Å². The van der Waals surface area contributed by atoms with Gasteiger partial charge < -0.3 is 4.90 Å². The second-order valence-corrected chi connectivity index (χ2v) is 5.33. The summed E-state index contributed by atoms with van der Waals surface area (Å²) in [5.41, 5.74) is 1.39. The first-order valence-electron chi connectivity index (χ1n) is 5.53. The fraction of sp³-hybridized carbons (Fsp3) is 0.357. The van der Waals surface area contributed by atoms with E-state index in [1.165, 1.54) is 0 Å². The van der Waals surface area contributed by atoms with Gasteiger partial charge in [0, 0.05) is 28.4 Å². The van der Waals surface area contributed by atoms with Crippen LogP contribution < -0.4 is 4.90 Å². The number of nitrogens with zero attached hydrogens (tertiary/aromatic N) is 1. The van der Waals surface area contributed by atoms with Gasteiger partial charge in [0.25, 0.3) is 0 Å². The highest BCUT2D eigenvalue weighted by molar-refractivity contribution is 6.31. The van der Waals surface area contributed by atoms with Crippen molar-refractivity contribution in [3.63, 3.8) is 0 Å². The van der Waals surface area contributed by atoms with Gasteiger partial charge in [0.2, 0.25) is 0 Å². The maximum Gasteiger partial charge on any atom is 0.152 e. The molecule has 0 heterocycles. The smallest absolute Gasteiger partial charge is 0.152 e. The molecule has 3 heteroatoms. The lowest BCUT2D eigenvalue weighted by atomic mass is 10.0. The fourth-order valence-corrected chi connectivity index (χ4v) is 1.88. The van der Waals surface area contributed by atoms with Gasteiger partial charge in [-0.15, -0.1) is 6.58 Å². The second-order valence-electron chi connectivity index (χ2n) is 4.89.